The number of pyridine rings is 1. The topological polar surface area (TPSA) is 51.2 Å². The van der Waals surface area contributed by atoms with Crippen LogP contribution < -0.4 is 10.1 Å². The Bertz CT molecular complexity index is 715. The normalized spacial score (nSPS) is 12.4. The minimum atomic E-state index is -0.503. The Balaban J connectivity index is 2.01. The Morgan fingerprint density at radius 2 is 2.08 bits per heavy atom. The smallest absolute Gasteiger partial charge is 0.244 e. The maximum atomic E-state index is 14.1. The second kappa shape index (κ2) is 8.24. The molecule has 0 spiro atoms. The van der Waals surface area contributed by atoms with Crippen LogP contribution in [0, 0.1) is 11.7 Å². The number of hydrogen-bond donors (Lipinski definition) is 1. The van der Waals surface area contributed by atoms with Crippen molar-refractivity contribution < 1.29 is 13.9 Å². The summed E-state index contributed by atoms with van der Waals surface area (Å²) in [6.07, 6.45) is 6.09. The predicted octanol–water partition coefficient (Wildman–Crippen LogP) is 4.19. The number of aromatic nitrogens is 1. The van der Waals surface area contributed by atoms with E-state index in [0.29, 0.717) is 17.2 Å². The van der Waals surface area contributed by atoms with Crippen molar-refractivity contribution in [2.24, 2.45) is 5.92 Å². The molecule has 4 nitrogen and oxygen atoms in total. The van der Waals surface area contributed by atoms with E-state index in [1.54, 1.807) is 30.5 Å². The lowest BCUT2D eigenvalue weighted by Crippen LogP contribution is -2.34. The highest BCUT2D eigenvalue weighted by molar-refractivity contribution is 5.91. The van der Waals surface area contributed by atoms with Crippen molar-refractivity contribution in [2.75, 3.05) is 0 Å². The van der Waals surface area contributed by atoms with E-state index in [1.807, 2.05) is 20.8 Å². The summed E-state index contributed by atoms with van der Waals surface area (Å²) in [6, 6.07) is 8.01. The molecule has 1 atom stereocenters. The van der Waals surface area contributed by atoms with Crippen molar-refractivity contribution in [3.8, 4) is 11.5 Å². The minimum absolute atomic E-state index is 0.0779. The van der Waals surface area contributed by atoms with Crippen LogP contribution in [0.5, 0.6) is 11.5 Å². The number of carbonyl (C=O) groups is 1. The van der Waals surface area contributed by atoms with Gasteiger partial charge in [0.05, 0.1) is 6.20 Å². The second-order valence-electron chi connectivity index (χ2n) is 5.86. The van der Waals surface area contributed by atoms with Gasteiger partial charge in [-0.1, -0.05) is 19.9 Å². The van der Waals surface area contributed by atoms with Crippen LogP contribution in [0.15, 0.2) is 48.8 Å². The molecular weight excluding hydrogens is 307 g/mol. The molecule has 1 aromatic carbocycles. The average Bonchev–Trinajstić information content (AvgIpc) is 2.56. The molecule has 1 unspecified atom stereocenters. The molecule has 0 aliphatic heterocycles. The van der Waals surface area contributed by atoms with Crippen molar-refractivity contribution in [1.82, 2.24) is 10.3 Å². The van der Waals surface area contributed by atoms with Crippen molar-refractivity contribution in [2.45, 2.75) is 26.8 Å². The van der Waals surface area contributed by atoms with Gasteiger partial charge in [-0.05, 0) is 48.7 Å². The van der Waals surface area contributed by atoms with Crippen molar-refractivity contribution in [3.05, 3.63) is 60.2 Å². The number of halogens is 1. The number of ether oxygens (including phenoxy) is 1. The lowest BCUT2D eigenvalue weighted by Gasteiger charge is -2.15. The van der Waals surface area contributed by atoms with Crippen LogP contribution in [-0.2, 0) is 4.79 Å². The molecule has 24 heavy (non-hydrogen) atoms. The zero-order chi connectivity index (χ0) is 17.5. The zero-order valence-corrected chi connectivity index (χ0v) is 14.0. The fraction of sp³-hybridized carbons (Fsp3) is 0.263. The number of amides is 1. The van der Waals surface area contributed by atoms with Gasteiger partial charge in [-0.2, -0.15) is 0 Å². The fourth-order valence-corrected chi connectivity index (χ4v) is 1.85. The first-order valence-electron chi connectivity index (χ1n) is 7.81. The largest absolute Gasteiger partial charge is 0.453 e. The first-order valence-corrected chi connectivity index (χ1v) is 7.81. The highest BCUT2D eigenvalue weighted by atomic mass is 19.1. The van der Waals surface area contributed by atoms with Crippen LogP contribution in [-0.4, -0.2) is 16.9 Å². The number of rotatable bonds is 6. The first-order chi connectivity index (χ1) is 11.5. The summed E-state index contributed by atoms with van der Waals surface area (Å²) in [5.41, 5.74) is 0.582. The molecule has 1 amide bonds. The van der Waals surface area contributed by atoms with Gasteiger partial charge in [0.25, 0.3) is 0 Å². The third-order valence-electron chi connectivity index (χ3n) is 3.62. The van der Waals surface area contributed by atoms with E-state index in [-0.39, 0.29) is 17.7 Å². The van der Waals surface area contributed by atoms with Crippen LogP contribution in [0.25, 0.3) is 6.08 Å². The van der Waals surface area contributed by atoms with Gasteiger partial charge in [0.15, 0.2) is 11.6 Å². The van der Waals surface area contributed by atoms with Gasteiger partial charge in [-0.25, -0.2) is 4.39 Å². The quantitative estimate of drug-likeness (QED) is 0.809. The maximum Gasteiger partial charge on any atom is 0.244 e. The lowest BCUT2D eigenvalue weighted by atomic mass is 10.1. The van der Waals surface area contributed by atoms with E-state index >= 15 is 0 Å². The molecule has 0 aliphatic carbocycles. The Labute approximate surface area is 141 Å². The summed E-state index contributed by atoms with van der Waals surface area (Å²) in [7, 11) is 0. The third kappa shape index (κ3) is 5.19. The summed E-state index contributed by atoms with van der Waals surface area (Å²) in [5.74, 6) is 0.215. The molecule has 0 fully saturated rings. The number of nitrogens with zero attached hydrogens (tertiary/aromatic N) is 1. The molecule has 1 N–H and O–H groups in total. The maximum absolute atomic E-state index is 14.1. The van der Waals surface area contributed by atoms with Crippen molar-refractivity contribution in [3.63, 3.8) is 0 Å². The lowest BCUT2D eigenvalue weighted by molar-refractivity contribution is -0.117. The number of benzene rings is 1. The van der Waals surface area contributed by atoms with E-state index in [9.17, 15) is 9.18 Å². The van der Waals surface area contributed by atoms with Crippen LogP contribution in [0.4, 0.5) is 4.39 Å². The summed E-state index contributed by atoms with van der Waals surface area (Å²) < 4.78 is 19.5. The molecule has 5 heteroatoms. The van der Waals surface area contributed by atoms with Crippen molar-refractivity contribution in [1.29, 1.82) is 0 Å². The van der Waals surface area contributed by atoms with E-state index in [2.05, 4.69) is 10.3 Å². The molecule has 1 aromatic heterocycles. The van der Waals surface area contributed by atoms with E-state index in [0.717, 1.165) is 0 Å². The van der Waals surface area contributed by atoms with Gasteiger partial charge in [0, 0.05) is 18.3 Å². The van der Waals surface area contributed by atoms with Gasteiger partial charge < -0.3 is 10.1 Å². The highest BCUT2D eigenvalue weighted by Gasteiger charge is 2.09. The van der Waals surface area contributed by atoms with Crippen LogP contribution in [0.2, 0.25) is 0 Å². The van der Waals surface area contributed by atoms with Crippen LogP contribution in [0.3, 0.4) is 0 Å². The number of nitrogens with one attached hydrogen (secondary N) is 1. The van der Waals surface area contributed by atoms with Crippen LogP contribution in [0.1, 0.15) is 26.3 Å². The Hall–Kier alpha value is -2.69. The standard InChI is InChI=1S/C19H21FN2O2/c1-13(2)14(3)22-19(23)9-7-15-6-8-18(17(20)11-15)24-16-5-4-10-21-12-16/h4-14H,1-3H3,(H,22,23)/b9-7+. The number of carbonyl (C=O) groups excluding carboxylic acids is 1. The van der Waals surface area contributed by atoms with E-state index in [1.165, 1.54) is 24.4 Å². The molecule has 0 saturated heterocycles. The Morgan fingerprint density at radius 3 is 2.71 bits per heavy atom. The average molecular weight is 328 g/mol. The van der Waals surface area contributed by atoms with Gasteiger partial charge in [-0.3, -0.25) is 9.78 Å². The highest BCUT2D eigenvalue weighted by Crippen LogP contribution is 2.24. The molecule has 2 rings (SSSR count). The molecule has 0 saturated carbocycles. The second-order valence-corrected chi connectivity index (χ2v) is 5.86. The molecule has 0 bridgehead atoms. The summed E-state index contributed by atoms with van der Waals surface area (Å²) >= 11 is 0. The van der Waals surface area contributed by atoms with E-state index in [4.69, 9.17) is 4.74 Å². The monoisotopic (exact) mass is 328 g/mol. The molecule has 0 radical (unpaired) electrons. The zero-order valence-electron chi connectivity index (χ0n) is 14.0. The summed E-state index contributed by atoms with van der Waals surface area (Å²) in [5, 5.41) is 2.86. The molecular formula is C19H21FN2O2. The van der Waals surface area contributed by atoms with Gasteiger partial charge in [-0.15, -0.1) is 0 Å². The Morgan fingerprint density at radius 1 is 1.29 bits per heavy atom. The SMILES string of the molecule is CC(C)C(C)NC(=O)/C=C/c1ccc(Oc2cccnc2)c(F)c1. The predicted molar refractivity (Wildman–Crippen MR) is 92.2 cm³/mol. The van der Waals surface area contributed by atoms with E-state index < -0.39 is 5.82 Å². The molecule has 1 heterocycles. The molecule has 2 aromatic rings. The first kappa shape index (κ1) is 17.7. The number of hydrogen-bond acceptors (Lipinski definition) is 3. The fourth-order valence-electron chi connectivity index (χ4n) is 1.85. The molecule has 0 aliphatic rings. The third-order valence-corrected chi connectivity index (χ3v) is 3.62. The molecule has 126 valence electrons. The van der Waals surface area contributed by atoms with Crippen LogP contribution >= 0.6 is 0 Å². The van der Waals surface area contributed by atoms with Gasteiger partial charge in [0.1, 0.15) is 5.75 Å². The van der Waals surface area contributed by atoms with Crippen molar-refractivity contribution >= 4 is 12.0 Å². The minimum Gasteiger partial charge on any atom is -0.453 e. The Kier molecular flexibility index (Phi) is 6.07. The van der Waals surface area contributed by atoms with Gasteiger partial charge in [0.2, 0.25) is 5.91 Å². The van der Waals surface area contributed by atoms with Gasteiger partial charge >= 0.3 is 0 Å². The summed E-state index contributed by atoms with van der Waals surface area (Å²) in [6.45, 7) is 6.01. The summed E-state index contributed by atoms with van der Waals surface area (Å²) in [4.78, 5) is 15.7.